The Hall–Kier alpha value is -2.24. The molecule has 0 spiro atoms. The molecule has 0 saturated heterocycles. The van der Waals surface area contributed by atoms with E-state index in [4.69, 9.17) is 0 Å². The molecule has 2 N–H and O–H groups in total. The lowest BCUT2D eigenvalue weighted by Crippen LogP contribution is -2.46. The quantitative estimate of drug-likeness (QED) is 0.221. The van der Waals surface area contributed by atoms with Crippen molar-refractivity contribution in [2.75, 3.05) is 7.05 Å². The predicted molar refractivity (Wildman–Crippen MR) is 113 cm³/mol. The number of halogens is 1. The summed E-state index contributed by atoms with van der Waals surface area (Å²) >= 11 is 0. The molecule has 27 heavy (non-hydrogen) atoms. The zero-order chi connectivity index (χ0) is 18.5. The fourth-order valence-corrected chi connectivity index (χ4v) is 2.98. The normalized spacial score (nSPS) is 16.2. The van der Waals surface area contributed by atoms with Crippen LogP contribution in [0.5, 0.6) is 0 Å². The van der Waals surface area contributed by atoms with Gasteiger partial charge in [-0.3, -0.25) is 15.1 Å². The third-order valence-corrected chi connectivity index (χ3v) is 4.36. The van der Waals surface area contributed by atoms with Gasteiger partial charge in [0, 0.05) is 44.6 Å². The number of fused-ring (bicyclic) bond motifs is 1. The van der Waals surface area contributed by atoms with Gasteiger partial charge in [0.15, 0.2) is 11.8 Å². The SMILES string of the molecule is CCc1nc2n(n1)CC(NC(=NC)NCc1cccc([N+](=O)[O-])c1)CC2.I. The largest absolute Gasteiger partial charge is 0.352 e. The average Bonchev–Trinajstić information content (AvgIpc) is 3.07. The minimum absolute atomic E-state index is 0. The van der Waals surface area contributed by atoms with Crippen LogP contribution >= 0.6 is 24.0 Å². The predicted octanol–water partition coefficient (Wildman–Crippen LogP) is 2.05. The van der Waals surface area contributed by atoms with Gasteiger partial charge >= 0.3 is 0 Å². The highest BCUT2D eigenvalue weighted by Gasteiger charge is 2.22. The first-order valence-corrected chi connectivity index (χ1v) is 8.72. The molecule has 1 unspecified atom stereocenters. The van der Waals surface area contributed by atoms with Crippen LogP contribution in [0.3, 0.4) is 0 Å². The second kappa shape index (κ2) is 9.62. The van der Waals surface area contributed by atoms with E-state index >= 15 is 0 Å². The van der Waals surface area contributed by atoms with Gasteiger partial charge in [-0.15, -0.1) is 24.0 Å². The minimum atomic E-state index is -0.390. The number of aromatic nitrogens is 3. The van der Waals surface area contributed by atoms with Crippen molar-refractivity contribution in [2.45, 2.75) is 45.3 Å². The molecule has 1 aromatic carbocycles. The Morgan fingerprint density at radius 1 is 1.48 bits per heavy atom. The Morgan fingerprint density at radius 3 is 3.00 bits per heavy atom. The van der Waals surface area contributed by atoms with Gasteiger partial charge < -0.3 is 10.6 Å². The summed E-state index contributed by atoms with van der Waals surface area (Å²) in [5.41, 5.74) is 0.918. The van der Waals surface area contributed by atoms with Crippen molar-refractivity contribution in [3.63, 3.8) is 0 Å². The first-order valence-electron chi connectivity index (χ1n) is 8.72. The van der Waals surface area contributed by atoms with Gasteiger partial charge in [0.2, 0.25) is 0 Å². The number of nitrogens with one attached hydrogen (secondary N) is 2. The number of rotatable bonds is 5. The number of aryl methyl sites for hydroxylation is 2. The molecule has 1 atom stereocenters. The Labute approximate surface area is 174 Å². The fraction of sp³-hybridized carbons (Fsp3) is 0.471. The third kappa shape index (κ3) is 5.37. The van der Waals surface area contributed by atoms with Crippen LogP contribution in [0.4, 0.5) is 5.69 Å². The van der Waals surface area contributed by atoms with E-state index in [1.807, 2.05) is 10.7 Å². The second-order valence-electron chi connectivity index (χ2n) is 6.21. The molecule has 3 rings (SSSR count). The molecule has 9 nitrogen and oxygen atoms in total. The van der Waals surface area contributed by atoms with Crippen LogP contribution in [0, 0.1) is 10.1 Å². The van der Waals surface area contributed by atoms with Gasteiger partial charge in [-0.25, -0.2) is 9.67 Å². The summed E-state index contributed by atoms with van der Waals surface area (Å²) in [7, 11) is 1.71. The molecule has 146 valence electrons. The molecule has 10 heteroatoms. The molecule has 2 heterocycles. The van der Waals surface area contributed by atoms with E-state index in [1.54, 1.807) is 19.2 Å². The molecule has 0 bridgehead atoms. The van der Waals surface area contributed by atoms with Crippen LogP contribution in [-0.4, -0.2) is 38.7 Å². The van der Waals surface area contributed by atoms with E-state index in [2.05, 4.69) is 32.6 Å². The van der Waals surface area contributed by atoms with Crippen molar-refractivity contribution in [1.82, 2.24) is 25.4 Å². The monoisotopic (exact) mass is 485 g/mol. The molecule has 0 radical (unpaired) electrons. The van der Waals surface area contributed by atoms with Crippen LogP contribution in [0.25, 0.3) is 0 Å². The van der Waals surface area contributed by atoms with E-state index < -0.39 is 4.92 Å². The highest BCUT2D eigenvalue weighted by Crippen LogP contribution is 2.14. The molecular weight excluding hydrogens is 461 g/mol. The highest BCUT2D eigenvalue weighted by atomic mass is 127. The summed E-state index contributed by atoms with van der Waals surface area (Å²) in [5, 5.41) is 22.0. The molecule has 1 aromatic heterocycles. The Morgan fingerprint density at radius 2 is 2.30 bits per heavy atom. The van der Waals surface area contributed by atoms with E-state index in [1.165, 1.54) is 6.07 Å². The fourth-order valence-electron chi connectivity index (χ4n) is 2.98. The number of guanidine groups is 1. The van der Waals surface area contributed by atoms with Gasteiger partial charge in [-0.2, -0.15) is 5.10 Å². The molecule has 0 aliphatic carbocycles. The lowest BCUT2D eigenvalue weighted by molar-refractivity contribution is -0.384. The standard InChI is InChI=1S/C17H23N7O2.HI/c1-3-15-21-16-8-7-13(11-23(16)22-15)20-17(18-2)19-10-12-5-4-6-14(9-12)24(25)26;/h4-6,9,13H,3,7-8,10-11H2,1-2H3,(H2,18,19,20);1H. The summed E-state index contributed by atoms with van der Waals surface area (Å²) in [4.78, 5) is 19.3. The first-order chi connectivity index (χ1) is 12.6. The van der Waals surface area contributed by atoms with Crippen LogP contribution in [0.1, 0.15) is 30.6 Å². The van der Waals surface area contributed by atoms with Crippen molar-refractivity contribution < 1.29 is 4.92 Å². The van der Waals surface area contributed by atoms with Crippen molar-refractivity contribution in [3.8, 4) is 0 Å². The Kier molecular flexibility index (Phi) is 7.51. The molecule has 1 aliphatic rings. The number of nitro groups is 1. The molecule has 1 aliphatic heterocycles. The van der Waals surface area contributed by atoms with E-state index in [-0.39, 0.29) is 35.7 Å². The summed E-state index contributed by atoms with van der Waals surface area (Å²) in [6.45, 7) is 3.26. The van der Waals surface area contributed by atoms with Gasteiger partial charge in [0.1, 0.15) is 5.82 Å². The number of nitrogens with zero attached hydrogens (tertiary/aromatic N) is 5. The van der Waals surface area contributed by atoms with Gasteiger partial charge in [0.25, 0.3) is 5.69 Å². The zero-order valence-corrected chi connectivity index (χ0v) is 17.7. The Balaban J connectivity index is 0.00000261. The van der Waals surface area contributed by atoms with Crippen molar-refractivity contribution in [1.29, 1.82) is 0 Å². The highest BCUT2D eigenvalue weighted by molar-refractivity contribution is 14.0. The van der Waals surface area contributed by atoms with E-state index in [0.29, 0.717) is 12.5 Å². The van der Waals surface area contributed by atoms with Crippen LogP contribution in [-0.2, 0) is 25.9 Å². The van der Waals surface area contributed by atoms with Gasteiger partial charge in [-0.05, 0) is 12.0 Å². The summed E-state index contributed by atoms with van der Waals surface area (Å²) in [6.07, 6.45) is 2.68. The summed E-state index contributed by atoms with van der Waals surface area (Å²) in [6, 6.07) is 6.80. The maximum atomic E-state index is 10.9. The van der Waals surface area contributed by atoms with Crippen molar-refractivity contribution >= 4 is 35.6 Å². The van der Waals surface area contributed by atoms with Crippen LogP contribution in [0.15, 0.2) is 29.3 Å². The van der Waals surface area contributed by atoms with E-state index in [9.17, 15) is 10.1 Å². The number of non-ortho nitro benzene ring substituents is 1. The lowest BCUT2D eigenvalue weighted by Gasteiger charge is -2.25. The zero-order valence-electron chi connectivity index (χ0n) is 15.4. The molecule has 2 aromatic rings. The molecule has 0 fully saturated rings. The molecular formula is C17H24IN7O2. The topological polar surface area (TPSA) is 110 Å². The van der Waals surface area contributed by atoms with Crippen LogP contribution < -0.4 is 10.6 Å². The number of nitro benzene ring substituents is 1. The average molecular weight is 485 g/mol. The number of hydrogen-bond acceptors (Lipinski definition) is 5. The van der Waals surface area contributed by atoms with Crippen molar-refractivity contribution in [3.05, 3.63) is 51.6 Å². The minimum Gasteiger partial charge on any atom is -0.352 e. The molecule has 0 amide bonds. The third-order valence-electron chi connectivity index (χ3n) is 4.36. The maximum Gasteiger partial charge on any atom is 0.269 e. The summed E-state index contributed by atoms with van der Waals surface area (Å²) < 4.78 is 1.97. The number of benzene rings is 1. The Bertz CT molecular complexity index is 821. The smallest absolute Gasteiger partial charge is 0.269 e. The maximum absolute atomic E-state index is 10.9. The van der Waals surface area contributed by atoms with Gasteiger partial charge in [0.05, 0.1) is 11.5 Å². The van der Waals surface area contributed by atoms with Gasteiger partial charge in [-0.1, -0.05) is 19.1 Å². The number of hydrogen-bond donors (Lipinski definition) is 2. The summed E-state index contributed by atoms with van der Waals surface area (Å²) in [5.74, 6) is 2.59. The van der Waals surface area contributed by atoms with E-state index in [0.717, 1.165) is 43.0 Å². The van der Waals surface area contributed by atoms with Crippen LogP contribution in [0.2, 0.25) is 0 Å². The second-order valence-corrected chi connectivity index (χ2v) is 6.21. The lowest BCUT2D eigenvalue weighted by atomic mass is 10.1. The molecule has 0 saturated carbocycles. The first kappa shape index (κ1) is 21.1. The van der Waals surface area contributed by atoms with Crippen molar-refractivity contribution in [2.24, 2.45) is 4.99 Å². The number of aliphatic imine (C=N–C) groups is 1.